The molecule has 29 heavy (non-hydrogen) atoms. The quantitative estimate of drug-likeness (QED) is 0.620. The molecule has 2 N–H and O–H groups in total. The number of hydrogen-bond donors (Lipinski definition) is 2. The van der Waals surface area contributed by atoms with Gasteiger partial charge in [-0.3, -0.25) is 9.59 Å². The van der Waals surface area contributed by atoms with E-state index in [-0.39, 0.29) is 17.9 Å². The van der Waals surface area contributed by atoms with Crippen molar-refractivity contribution >= 4 is 17.5 Å². The summed E-state index contributed by atoms with van der Waals surface area (Å²) in [5, 5.41) is 5.91. The molecule has 148 valence electrons. The van der Waals surface area contributed by atoms with E-state index in [0.717, 1.165) is 22.3 Å². The predicted molar refractivity (Wildman–Crippen MR) is 117 cm³/mol. The highest BCUT2D eigenvalue weighted by atomic mass is 16.2. The van der Waals surface area contributed by atoms with Gasteiger partial charge >= 0.3 is 0 Å². The van der Waals surface area contributed by atoms with Crippen LogP contribution >= 0.6 is 0 Å². The Morgan fingerprint density at radius 1 is 0.724 bits per heavy atom. The van der Waals surface area contributed by atoms with Crippen LogP contribution in [-0.2, 0) is 0 Å². The van der Waals surface area contributed by atoms with E-state index in [4.69, 9.17) is 0 Å². The normalized spacial score (nSPS) is 11.6. The Labute approximate surface area is 172 Å². The summed E-state index contributed by atoms with van der Waals surface area (Å²) in [5.41, 5.74) is 5.68. The average Bonchev–Trinajstić information content (AvgIpc) is 2.71. The van der Waals surface area contributed by atoms with Gasteiger partial charge in [0.05, 0.1) is 17.3 Å². The van der Waals surface area contributed by atoms with Crippen molar-refractivity contribution < 1.29 is 9.59 Å². The number of carbonyl (C=O) groups is 2. The molecule has 0 radical (unpaired) electrons. The van der Waals surface area contributed by atoms with Crippen LogP contribution in [0.1, 0.15) is 55.9 Å². The maximum absolute atomic E-state index is 12.9. The fourth-order valence-electron chi connectivity index (χ4n) is 3.28. The minimum atomic E-state index is -0.228. The Morgan fingerprint density at radius 2 is 1.34 bits per heavy atom. The lowest BCUT2D eigenvalue weighted by molar-refractivity contribution is 0.0941. The van der Waals surface area contributed by atoms with Crippen LogP contribution in [0.25, 0.3) is 0 Å². The molecule has 0 unspecified atom stereocenters. The van der Waals surface area contributed by atoms with Crippen LogP contribution in [-0.4, -0.2) is 11.8 Å². The van der Waals surface area contributed by atoms with Gasteiger partial charge in [0.2, 0.25) is 0 Å². The highest BCUT2D eigenvalue weighted by Gasteiger charge is 2.17. The summed E-state index contributed by atoms with van der Waals surface area (Å²) in [6.07, 6.45) is 0. The summed E-state index contributed by atoms with van der Waals surface area (Å²) < 4.78 is 0. The van der Waals surface area contributed by atoms with E-state index in [1.54, 1.807) is 24.3 Å². The fraction of sp³-hybridized carbons (Fsp3) is 0.200. The molecule has 0 fully saturated rings. The second-order valence-electron chi connectivity index (χ2n) is 7.36. The molecule has 1 atom stereocenters. The number of aryl methyl sites for hydroxylation is 3. The van der Waals surface area contributed by atoms with Gasteiger partial charge < -0.3 is 10.6 Å². The fourth-order valence-corrected chi connectivity index (χ4v) is 3.28. The van der Waals surface area contributed by atoms with E-state index in [1.165, 1.54) is 0 Å². The predicted octanol–water partition coefficient (Wildman–Crippen LogP) is 5.36. The number of benzene rings is 3. The van der Waals surface area contributed by atoms with Crippen LogP contribution in [0.3, 0.4) is 0 Å². The standard InChI is InChI=1S/C25H26N2O2/c1-16-14-18(3)22(15-17(16)2)25(29)27-23-13-9-8-12-21(23)24(28)26-19(4)20-10-6-5-7-11-20/h5-15,19H,1-4H3,(H,26,28)(H,27,29)/t19-/m0/s1. The number of anilines is 1. The third-order valence-electron chi connectivity index (χ3n) is 5.15. The zero-order valence-electron chi connectivity index (χ0n) is 17.2. The van der Waals surface area contributed by atoms with E-state index in [1.807, 2.05) is 70.2 Å². The smallest absolute Gasteiger partial charge is 0.255 e. The summed E-state index contributed by atoms with van der Waals surface area (Å²) in [6.45, 7) is 7.86. The molecule has 0 saturated heterocycles. The molecule has 0 aliphatic carbocycles. The topological polar surface area (TPSA) is 58.2 Å². The molecule has 3 rings (SSSR count). The van der Waals surface area contributed by atoms with Gasteiger partial charge in [-0.1, -0.05) is 48.5 Å². The molecule has 0 bridgehead atoms. The van der Waals surface area contributed by atoms with Gasteiger partial charge in [0.15, 0.2) is 0 Å². The number of amides is 2. The Hall–Kier alpha value is -3.40. The van der Waals surface area contributed by atoms with E-state index < -0.39 is 0 Å². The van der Waals surface area contributed by atoms with Crippen LogP contribution in [0.2, 0.25) is 0 Å². The SMILES string of the molecule is Cc1cc(C)c(C(=O)Nc2ccccc2C(=O)N[C@@H](C)c2ccccc2)cc1C. The Bertz CT molecular complexity index is 1040. The summed E-state index contributed by atoms with van der Waals surface area (Å²) in [5.74, 6) is -0.448. The third kappa shape index (κ3) is 4.72. The molecule has 0 aliphatic rings. The summed E-state index contributed by atoms with van der Waals surface area (Å²) >= 11 is 0. The van der Waals surface area contributed by atoms with Crippen molar-refractivity contribution in [3.8, 4) is 0 Å². The third-order valence-corrected chi connectivity index (χ3v) is 5.15. The molecular weight excluding hydrogens is 360 g/mol. The van der Waals surface area contributed by atoms with Gasteiger partial charge in [-0.25, -0.2) is 0 Å². The Kier molecular flexibility index (Phi) is 6.13. The largest absolute Gasteiger partial charge is 0.345 e. The molecule has 4 nitrogen and oxygen atoms in total. The Balaban J connectivity index is 1.81. The van der Waals surface area contributed by atoms with Gasteiger partial charge in [-0.2, -0.15) is 0 Å². The summed E-state index contributed by atoms with van der Waals surface area (Å²) in [7, 11) is 0. The van der Waals surface area contributed by atoms with Crippen molar-refractivity contribution in [1.82, 2.24) is 5.32 Å². The number of nitrogens with one attached hydrogen (secondary N) is 2. The molecule has 3 aromatic rings. The highest BCUT2D eigenvalue weighted by molar-refractivity contribution is 6.09. The van der Waals surface area contributed by atoms with E-state index in [0.29, 0.717) is 16.8 Å². The van der Waals surface area contributed by atoms with Crippen LogP contribution in [0.4, 0.5) is 5.69 Å². The average molecular weight is 386 g/mol. The van der Waals surface area contributed by atoms with Crippen molar-refractivity contribution in [1.29, 1.82) is 0 Å². The van der Waals surface area contributed by atoms with Gasteiger partial charge in [0.25, 0.3) is 11.8 Å². The van der Waals surface area contributed by atoms with Crippen LogP contribution in [0.15, 0.2) is 66.7 Å². The number of carbonyl (C=O) groups excluding carboxylic acids is 2. The molecule has 0 aliphatic heterocycles. The first-order valence-electron chi connectivity index (χ1n) is 9.71. The second kappa shape index (κ2) is 8.74. The van der Waals surface area contributed by atoms with Crippen molar-refractivity contribution in [2.75, 3.05) is 5.32 Å². The van der Waals surface area contributed by atoms with Gasteiger partial charge in [-0.05, 0) is 68.1 Å². The zero-order chi connectivity index (χ0) is 21.0. The molecule has 0 saturated carbocycles. The van der Waals surface area contributed by atoms with Crippen molar-refractivity contribution in [3.05, 3.63) is 100 Å². The summed E-state index contributed by atoms with van der Waals surface area (Å²) in [6, 6.07) is 20.6. The maximum Gasteiger partial charge on any atom is 0.255 e. The first kappa shape index (κ1) is 20.3. The summed E-state index contributed by atoms with van der Waals surface area (Å²) in [4.78, 5) is 25.7. The lowest BCUT2D eigenvalue weighted by Crippen LogP contribution is -2.28. The monoisotopic (exact) mass is 386 g/mol. The van der Waals surface area contributed by atoms with E-state index in [2.05, 4.69) is 10.6 Å². The van der Waals surface area contributed by atoms with Gasteiger partial charge in [-0.15, -0.1) is 0 Å². The van der Waals surface area contributed by atoms with Crippen molar-refractivity contribution in [2.45, 2.75) is 33.7 Å². The first-order chi connectivity index (χ1) is 13.9. The lowest BCUT2D eigenvalue weighted by atomic mass is 10.00. The van der Waals surface area contributed by atoms with Crippen molar-refractivity contribution in [3.63, 3.8) is 0 Å². The van der Waals surface area contributed by atoms with E-state index >= 15 is 0 Å². The first-order valence-corrected chi connectivity index (χ1v) is 9.71. The minimum Gasteiger partial charge on any atom is -0.345 e. The minimum absolute atomic E-state index is 0.144. The zero-order valence-corrected chi connectivity index (χ0v) is 17.2. The number of rotatable bonds is 5. The molecule has 4 heteroatoms. The molecule has 0 aromatic heterocycles. The molecule has 3 aromatic carbocycles. The molecular formula is C25H26N2O2. The van der Waals surface area contributed by atoms with Gasteiger partial charge in [0, 0.05) is 5.56 Å². The Morgan fingerprint density at radius 3 is 2.07 bits per heavy atom. The number of hydrogen-bond acceptors (Lipinski definition) is 2. The van der Waals surface area contributed by atoms with Crippen LogP contribution in [0.5, 0.6) is 0 Å². The lowest BCUT2D eigenvalue weighted by Gasteiger charge is -2.17. The van der Waals surface area contributed by atoms with Crippen molar-refractivity contribution in [2.24, 2.45) is 0 Å². The molecule has 0 heterocycles. The molecule has 0 spiro atoms. The van der Waals surface area contributed by atoms with Crippen LogP contribution < -0.4 is 10.6 Å². The van der Waals surface area contributed by atoms with Gasteiger partial charge in [0.1, 0.15) is 0 Å². The second-order valence-corrected chi connectivity index (χ2v) is 7.36. The maximum atomic E-state index is 12.9. The number of para-hydroxylation sites is 1. The molecule has 2 amide bonds. The van der Waals surface area contributed by atoms with E-state index in [9.17, 15) is 9.59 Å². The highest BCUT2D eigenvalue weighted by Crippen LogP contribution is 2.21. The van der Waals surface area contributed by atoms with Crippen LogP contribution in [0, 0.1) is 20.8 Å².